The van der Waals surface area contributed by atoms with Gasteiger partial charge in [0.15, 0.2) is 0 Å². The maximum absolute atomic E-state index is 6.90. The Kier molecular flexibility index (Phi) is 7.22. The Labute approximate surface area is 137 Å². The molecule has 0 N–H and O–H groups in total. The molecule has 0 unspecified atom stereocenters. The molecule has 1 fully saturated rings. The van der Waals surface area contributed by atoms with Crippen LogP contribution in [0.5, 0.6) is 0 Å². The first-order valence-corrected chi connectivity index (χ1v) is 11.0. The maximum Gasteiger partial charge on any atom is 0.200 e. The van der Waals surface area contributed by atoms with E-state index in [0.29, 0.717) is 28.6 Å². The monoisotopic (exact) mass is 328 g/mol. The van der Waals surface area contributed by atoms with Gasteiger partial charge in [0, 0.05) is 12.0 Å². The second-order valence-corrected chi connectivity index (χ2v) is 13.0. The van der Waals surface area contributed by atoms with Gasteiger partial charge >= 0.3 is 0 Å². The number of hydrogen-bond acceptors (Lipinski definition) is 1. The van der Waals surface area contributed by atoms with Crippen LogP contribution in [-0.4, -0.2) is 20.3 Å². The van der Waals surface area contributed by atoms with Crippen LogP contribution in [0.2, 0.25) is 16.6 Å². The van der Waals surface area contributed by atoms with E-state index in [-0.39, 0.29) is 0 Å². The van der Waals surface area contributed by atoms with Crippen molar-refractivity contribution in [2.75, 3.05) is 5.88 Å². The molecule has 0 heterocycles. The second-order valence-electron chi connectivity index (χ2n) is 7.29. The molecule has 0 aliphatic heterocycles. The standard InChI is InChI=1S/C18H33ClOSi/c1-13(2)21(14(3)4,15(5)6)20-18-9-8-16(7)17(12-18)10-11-19/h10,13-15,18H,7-9,11-12H2,1-6H3/b17-10-/t18-/m0/s1. The molecule has 0 bridgehead atoms. The molecule has 1 atom stereocenters. The van der Waals surface area contributed by atoms with E-state index in [2.05, 4.69) is 54.2 Å². The summed E-state index contributed by atoms with van der Waals surface area (Å²) in [7, 11) is -1.78. The molecule has 0 aromatic carbocycles. The van der Waals surface area contributed by atoms with Crippen molar-refractivity contribution in [2.45, 2.75) is 83.5 Å². The van der Waals surface area contributed by atoms with Gasteiger partial charge in [-0.3, -0.25) is 0 Å². The zero-order valence-electron chi connectivity index (χ0n) is 14.7. The molecule has 21 heavy (non-hydrogen) atoms. The number of hydrogen-bond donors (Lipinski definition) is 0. The van der Waals surface area contributed by atoms with Gasteiger partial charge in [0.25, 0.3) is 0 Å². The van der Waals surface area contributed by atoms with E-state index in [1.54, 1.807) is 0 Å². The van der Waals surface area contributed by atoms with Crippen LogP contribution >= 0.6 is 11.6 Å². The lowest BCUT2D eigenvalue weighted by Gasteiger charge is -2.45. The predicted molar refractivity (Wildman–Crippen MR) is 97.7 cm³/mol. The molecule has 0 aromatic rings. The third kappa shape index (κ3) is 4.24. The number of allylic oxidation sites excluding steroid dienone is 2. The van der Waals surface area contributed by atoms with Crippen molar-refractivity contribution in [3.63, 3.8) is 0 Å². The molecule has 0 amide bonds. The molecular weight excluding hydrogens is 296 g/mol. The summed E-state index contributed by atoms with van der Waals surface area (Å²) in [6.45, 7) is 18.3. The summed E-state index contributed by atoms with van der Waals surface area (Å²) in [6, 6.07) is 0. The Morgan fingerprint density at radius 1 is 1.19 bits per heavy atom. The van der Waals surface area contributed by atoms with Gasteiger partial charge in [-0.15, -0.1) is 11.6 Å². The molecule has 1 aliphatic carbocycles. The third-order valence-electron chi connectivity index (χ3n) is 5.07. The normalized spacial score (nSPS) is 22.9. The van der Waals surface area contributed by atoms with E-state index in [0.717, 1.165) is 19.3 Å². The van der Waals surface area contributed by atoms with Gasteiger partial charge in [-0.05, 0) is 41.5 Å². The van der Waals surface area contributed by atoms with E-state index in [1.807, 2.05) is 0 Å². The van der Waals surface area contributed by atoms with Crippen LogP contribution in [0, 0.1) is 0 Å². The van der Waals surface area contributed by atoms with Crippen LogP contribution in [0.1, 0.15) is 60.8 Å². The Hall–Kier alpha value is -0.0531. The third-order valence-corrected chi connectivity index (χ3v) is 11.4. The summed E-state index contributed by atoms with van der Waals surface area (Å²) in [5.41, 5.74) is 4.50. The van der Waals surface area contributed by atoms with Crippen molar-refractivity contribution in [1.82, 2.24) is 0 Å². The first kappa shape index (κ1) is 19.0. The highest BCUT2D eigenvalue weighted by Crippen LogP contribution is 2.45. The Morgan fingerprint density at radius 2 is 1.71 bits per heavy atom. The molecule has 1 nitrogen and oxygen atoms in total. The fourth-order valence-corrected chi connectivity index (χ4v) is 9.89. The second kappa shape index (κ2) is 7.98. The van der Waals surface area contributed by atoms with Gasteiger partial charge < -0.3 is 4.43 Å². The van der Waals surface area contributed by atoms with Crippen LogP contribution in [-0.2, 0) is 4.43 Å². The lowest BCUT2D eigenvalue weighted by Crippen LogP contribution is -2.50. The van der Waals surface area contributed by atoms with E-state index in [1.165, 1.54) is 11.1 Å². The molecule has 0 aromatic heterocycles. The lowest BCUT2D eigenvalue weighted by molar-refractivity contribution is 0.158. The highest BCUT2D eigenvalue weighted by atomic mass is 35.5. The van der Waals surface area contributed by atoms with Crippen LogP contribution < -0.4 is 0 Å². The molecule has 122 valence electrons. The quantitative estimate of drug-likeness (QED) is 0.402. The maximum atomic E-state index is 6.90. The minimum atomic E-state index is -1.78. The minimum absolute atomic E-state index is 0.351. The molecular formula is C18H33ClOSi. The van der Waals surface area contributed by atoms with E-state index in [9.17, 15) is 0 Å². The van der Waals surface area contributed by atoms with Gasteiger partial charge in [-0.25, -0.2) is 0 Å². The summed E-state index contributed by atoms with van der Waals surface area (Å²) < 4.78 is 6.90. The first-order chi connectivity index (χ1) is 9.75. The average Bonchev–Trinajstić information content (AvgIpc) is 2.38. The smallest absolute Gasteiger partial charge is 0.200 e. The van der Waals surface area contributed by atoms with Gasteiger partial charge in [0.2, 0.25) is 8.32 Å². The van der Waals surface area contributed by atoms with Crippen molar-refractivity contribution in [2.24, 2.45) is 0 Å². The molecule has 0 radical (unpaired) electrons. The van der Waals surface area contributed by atoms with Crippen molar-refractivity contribution in [3.05, 3.63) is 23.8 Å². The van der Waals surface area contributed by atoms with Crippen molar-refractivity contribution < 1.29 is 4.43 Å². The van der Waals surface area contributed by atoms with E-state index >= 15 is 0 Å². The van der Waals surface area contributed by atoms with Crippen molar-refractivity contribution >= 4 is 19.9 Å². The SMILES string of the molecule is C=C1CC[C@H](O[Si](C(C)C)(C(C)C)C(C)C)C/C1=C/CCl. The molecule has 1 rings (SSSR count). The van der Waals surface area contributed by atoms with Gasteiger partial charge in [0.05, 0.1) is 0 Å². The fraction of sp³-hybridized carbons (Fsp3) is 0.778. The largest absolute Gasteiger partial charge is 0.413 e. The zero-order valence-corrected chi connectivity index (χ0v) is 16.5. The van der Waals surface area contributed by atoms with E-state index in [4.69, 9.17) is 16.0 Å². The minimum Gasteiger partial charge on any atom is -0.413 e. The summed E-state index contributed by atoms with van der Waals surface area (Å²) in [4.78, 5) is 0. The summed E-state index contributed by atoms with van der Waals surface area (Å²) >= 11 is 5.88. The zero-order chi connectivity index (χ0) is 16.2. The van der Waals surface area contributed by atoms with Gasteiger partial charge in [-0.2, -0.15) is 0 Å². The van der Waals surface area contributed by atoms with E-state index < -0.39 is 8.32 Å². The van der Waals surface area contributed by atoms with Crippen molar-refractivity contribution in [3.8, 4) is 0 Å². The Morgan fingerprint density at radius 3 is 2.14 bits per heavy atom. The average molecular weight is 329 g/mol. The van der Waals surface area contributed by atoms with Gasteiger partial charge in [0.1, 0.15) is 0 Å². The van der Waals surface area contributed by atoms with Crippen LogP contribution in [0.4, 0.5) is 0 Å². The number of halogens is 1. The van der Waals surface area contributed by atoms with Crippen LogP contribution in [0.3, 0.4) is 0 Å². The topological polar surface area (TPSA) is 9.23 Å². The summed E-state index contributed by atoms with van der Waals surface area (Å²) in [6.07, 6.45) is 5.62. The molecule has 1 saturated carbocycles. The molecule has 0 saturated heterocycles. The highest BCUT2D eigenvalue weighted by molar-refractivity contribution is 6.77. The van der Waals surface area contributed by atoms with Crippen LogP contribution in [0.15, 0.2) is 23.8 Å². The molecule has 1 aliphatic rings. The fourth-order valence-electron chi connectivity index (χ4n) is 4.11. The predicted octanol–water partition coefficient (Wildman–Crippen LogP) is 6.45. The summed E-state index contributed by atoms with van der Waals surface area (Å²) in [5.74, 6) is 0.572. The number of alkyl halides is 1. The first-order valence-electron chi connectivity index (χ1n) is 8.36. The molecule has 3 heteroatoms. The van der Waals surface area contributed by atoms with Crippen molar-refractivity contribution in [1.29, 1.82) is 0 Å². The number of rotatable bonds is 6. The molecule has 0 spiro atoms. The summed E-state index contributed by atoms with van der Waals surface area (Å²) in [5, 5.41) is 0. The Bertz CT molecular complexity index is 363. The van der Waals surface area contributed by atoms with Crippen LogP contribution in [0.25, 0.3) is 0 Å². The Balaban J connectivity index is 2.94. The van der Waals surface area contributed by atoms with Gasteiger partial charge in [-0.1, -0.05) is 59.8 Å². The lowest BCUT2D eigenvalue weighted by atomic mass is 9.89. The highest BCUT2D eigenvalue weighted by Gasteiger charge is 2.46.